The van der Waals surface area contributed by atoms with Gasteiger partial charge in [0.15, 0.2) is 0 Å². The molecule has 1 fully saturated rings. The maximum absolute atomic E-state index is 9.49. The van der Waals surface area contributed by atoms with E-state index in [0.29, 0.717) is 12.6 Å². The van der Waals surface area contributed by atoms with Gasteiger partial charge in [0.1, 0.15) is 0 Å². The van der Waals surface area contributed by atoms with Crippen molar-refractivity contribution in [3.05, 3.63) is 0 Å². The van der Waals surface area contributed by atoms with Crippen LogP contribution in [-0.4, -0.2) is 55.0 Å². The van der Waals surface area contributed by atoms with Crippen LogP contribution in [0.5, 0.6) is 0 Å². The predicted molar refractivity (Wildman–Crippen MR) is 65.4 cm³/mol. The van der Waals surface area contributed by atoms with Gasteiger partial charge < -0.3 is 15.6 Å². The first-order valence-electron chi connectivity index (χ1n) is 6.35. The summed E-state index contributed by atoms with van der Waals surface area (Å²) in [6.07, 6.45) is 4.85. The second-order valence-corrected chi connectivity index (χ2v) is 4.69. The molecule has 96 valence electrons. The highest BCUT2D eigenvalue weighted by Crippen LogP contribution is 2.29. The summed E-state index contributed by atoms with van der Waals surface area (Å²) in [5.41, 5.74) is 6.05. The third-order valence-corrected chi connectivity index (χ3v) is 3.25. The Bertz CT molecular complexity index is 186. The van der Waals surface area contributed by atoms with Crippen molar-refractivity contribution in [3.63, 3.8) is 0 Å². The zero-order chi connectivity index (χ0) is 12.0. The lowest BCUT2D eigenvalue weighted by Crippen LogP contribution is -2.53. The van der Waals surface area contributed by atoms with Crippen molar-refractivity contribution >= 4 is 0 Å². The Kier molecular flexibility index (Phi) is 6.28. The van der Waals surface area contributed by atoms with Crippen LogP contribution in [0.4, 0.5) is 0 Å². The number of aliphatic hydroxyl groups is 1. The number of hydrogen-bond donors (Lipinski definition) is 2. The number of unbranched alkanes of at least 4 members (excludes halogenated alkanes) is 1. The summed E-state index contributed by atoms with van der Waals surface area (Å²) < 4.78 is 5.08. The molecule has 4 nitrogen and oxygen atoms in total. The van der Waals surface area contributed by atoms with Crippen LogP contribution in [0.2, 0.25) is 0 Å². The maximum Gasteiger partial charge on any atom is 0.0629 e. The molecule has 4 heteroatoms. The fraction of sp³-hybridized carbons (Fsp3) is 1.00. The van der Waals surface area contributed by atoms with E-state index in [0.717, 1.165) is 6.54 Å². The first kappa shape index (κ1) is 13.9. The van der Waals surface area contributed by atoms with Gasteiger partial charge >= 0.3 is 0 Å². The Morgan fingerprint density at radius 2 is 2.19 bits per heavy atom. The van der Waals surface area contributed by atoms with E-state index in [2.05, 4.69) is 11.8 Å². The van der Waals surface area contributed by atoms with Gasteiger partial charge in [-0.3, -0.25) is 4.90 Å². The lowest BCUT2D eigenvalue weighted by atomic mass is 10.1. The Hall–Kier alpha value is -0.160. The van der Waals surface area contributed by atoms with Crippen LogP contribution in [0.1, 0.15) is 32.6 Å². The summed E-state index contributed by atoms with van der Waals surface area (Å²) in [7, 11) is 1.65. The summed E-state index contributed by atoms with van der Waals surface area (Å²) in [5.74, 6) is 0. The zero-order valence-electron chi connectivity index (χ0n) is 10.6. The zero-order valence-corrected chi connectivity index (χ0v) is 10.6. The minimum atomic E-state index is -0.0903. The van der Waals surface area contributed by atoms with Crippen LogP contribution in [0.15, 0.2) is 0 Å². The van der Waals surface area contributed by atoms with Gasteiger partial charge in [-0.15, -0.1) is 0 Å². The van der Waals surface area contributed by atoms with Gasteiger partial charge in [0.25, 0.3) is 0 Å². The summed E-state index contributed by atoms with van der Waals surface area (Å²) in [6, 6.07) is 0.609. The van der Waals surface area contributed by atoms with Crippen LogP contribution in [0.3, 0.4) is 0 Å². The largest absolute Gasteiger partial charge is 0.395 e. The number of nitrogens with two attached hydrogens (primary N) is 1. The molecule has 0 bridgehead atoms. The third-order valence-electron chi connectivity index (χ3n) is 3.25. The molecule has 0 radical (unpaired) electrons. The maximum atomic E-state index is 9.49. The van der Waals surface area contributed by atoms with Gasteiger partial charge in [0, 0.05) is 19.2 Å². The molecule has 1 rings (SSSR count). The Morgan fingerprint density at radius 1 is 1.50 bits per heavy atom. The van der Waals surface area contributed by atoms with E-state index in [1.807, 2.05) is 0 Å². The molecule has 2 unspecified atom stereocenters. The van der Waals surface area contributed by atoms with Gasteiger partial charge in [0.2, 0.25) is 0 Å². The van der Waals surface area contributed by atoms with Crippen molar-refractivity contribution in [3.8, 4) is 0 Å². The standard InChI is InChI=1S/C12H26N2O2/c1-3-4-7-14(10-5-6-10)12(8-15)11(13)9-16-2/h10-12,15H,3-9,13H2,1-2H3. The number of rotatable bonds is 9. The molecule has 1 aliphatic rings. The quantitative estimate of drug-likeness (QED) is 0.608. The van der Waals surface area contributed by atoms with Gasteiger partial charge in [-0.05, 0) is 25.8 Å². The molecule has 0 aliphatic heterocycles. The highest BCUT2D eigenvalue weighted by atomic mass is 16.5. The molecule has 0 aromatic carbocycles. The average Bonchev–Trinajstić information content (AvgIpc) is 3.08. The van der Waals surface area contributed by atoms with E-state index in [4.69, 9.17) is 10.5 Å². The Morgan fingerprint density at radius 3 is 2.62 bits per heavy atom. The number of hydrogen-bond acceptors (Lipinski definition) is 4. The fourth-order valence-electron chi connectivity index (χ4n) is 2.16. The monoisotopic (exact) mass is 230 g/mol. The highest BCUT2D eigenvalue weighted by Gasteiger charge is 2.35. The van der Waals surface area contributed by atoms with E-state index in [1.165, 1.54) is 25.7 Å². The highest BCUT2D eigenvalue weighted by molar-refractivity contribution is 4.92. The van der Waals surface area contributed by atoms with E-state index in [9.17, 15) is 5.11 Å². The van der Waals surface area contributed by atoms with Crippen LogP contribution in [-0.2, 0) is 4.74 Å². The van der Waals surface area contributed by atoms with Crippen molar-refractivity contribution in [2.45, 2.75) is 50.7 Å². The smallest absolute Gasteiger partial charge is 0.0629 e. The summed E-state index contributed by atoms with van der Waals surface area (Å²) in [5, 5.41) is 9.49. The van der Waals surface area contributed by atoms with Gasteiger partial charge in [-0.1, -0.05) is 13.3 Å². The Labute approximate surface area is 98.8 Å². The first-order chi connectivity index (χ1) is 7.74. The van der Waals surface area contributed by atoms with Crippen molar-refractivity contribution in [2.24, 2.45) is 5.73 Å². The molecule has 0 aromatic rings. The van der Waals surface area contributed by atoms with E-state index in [1.54, 1.807) is 7.11 Å². The van der Waals surface area contributed by atoms with E-state index >= 15 is 0 Å². The summed E-state index contributed by atoms with van der Waals surface area (Å²) in [6.45, 7) is 3.88. The van der Waals surface area contributed by atoms with Gasteiger partial charge in [-0.25, -0.2) is 0 Å². The van der Waals surface area contributed by atoms with Crippen LogP contribution in [0, 0.1) is 0 Å². The Balaban J connectivity index is 2.50. The lowest BCUT2D eigenvalue weighted by molar-refractivity contribution is 0.0645. The molecule has 0 aromatic heterocycles. The molecule has 3 N–H and O–H groups in total. The molecular weight excluding hydrogens is 204 g/mol. The number of aliphatic hydroxyl groups excluding tert-OH is 1. The van der Waals surface area contributed by atoms with Crippen molar-refractivity contribution in [2.75, 3.05) is 26.9 Å². The minimum absolute atomic E-state index is 0.0546. The molecule has 16 heavy (non-hydrogen) atoms. The minimum Gasteiger partial charge on any atom is -0.395 e. The summed E-state index contributed by atoms with van der Waals surface area (Å²) >= 11 is 0. The molecular formula is C12H26N2O2. The van der Waals surface area contributed by atoms with E-state index in [-0.39, 0.29) is 18.7 Å². The number of ether oxygens (including phenoxy) is 1. The number of nitrogens with zero attached hydrogens (tertiary/aromatic N) is 1. The molecule has 0 heterocycles. The van der Waals surface area contributed by atoms with Crippen LogP contribution < -0.4 is 5.73 Å². The SMILES string of the molecule is CCCCN(C1CC1)C(CO)C(N)COC. The van der Waals surface area contributed by atoms with E-state index < -0.39 is 0 Å². The van der Waals surface area contributed by atoms with Crippen molar-refractivity contribution < 1.29 is 9.84 Å². The molecule has 1 saturated carbocycles. The van der Waals surface area contributed by atoms with Crippen LogP contribution in [0.25, 0.3) is 0 Å². The predicted octanol–water partition coefficient (Wildman–Crippen LogP) is 0.586. The third kappa shape index (κ3) is 4.01. The molecule has 0 amide bonds. The lowest BCUT2D eigenvalue weighted by Gasteiger charge is -2.34. The first-order valence-corrected chi connectivity index (χ1v) is 6.35. The molecule has 2 atom stereocenters. The van der Waals surface area contributed by atoms with Gasteiger partial charge in [0.05, 0.1) is 19.3 Å². The molecule has 0 spiro atoms. The summed E-state index contributed by atoms with van der Waals surface area (Å²) in [4.78, 5) is 2.38. The molecule has 0 saturated heterocycles. The average molecular weight is 230 g/mol. The van der Waals surface area contributed by atoms with Crippen molar-refractivity contribution in [1.82, 2.24) is 4.90 Å². The van der Waals surface area contributed by atoms with Crippen molar-refractivity contribution in [1.29, 1.82) is 0 Å². The second kappa shape index (κ2) is 7.22. The topological polar surface area (TPSA) is 58.7 Å². The normalized spacial score (nSPS) is 20.1. The second-order valence-electron chi connectivity index (χ2n) is 4.69. The fourth-order valence-corrected chi connectivity index (χ4v) is 2.16. The van der Waals surface area contributed by atoms with Crippen LogP contribution >= 0.6 is 0 Å². The molecule has 1 aliphatic carbocycles. The van der Waals surface area contributed by atoms with Gasteiger partial charge in [-0.2, -0.15) is 0 Å². The number of methoxy groups -OCH3 is 1.